The van der Waals surface area contributed by atoms with Gasteiger partial charge in [0.1, 0.15) is 5.60 Å². The number of hydrogen-bond acceptors (Lipinski definition) is 5. The zero-order valence-corrected chi connectivity index (χ0v) is 25.3. The lowest BCUT2D eigenvalue weighted by molar-refractivity contribution is 0.112. The number of hydrogen-bond donors (Lipinski definition) is 2. The number of thioether (sulfide) groups is 1. The van der Waals surface area contributed by atoms with E-state index in [9.17, 15) is 10.2 Å². The third kappa shape index (κ3) is 4.85. The topological polar surface area (TPSA) is 43.7 Å². The van der Waals surface area contributed by atoms with E-state index < -0.39 is 11.2 Å². The molecule has 1 unspecified atom stereocenters. The fourth-order valence-corrected chi connectivity index (χ4v) is 8.64. The van der Waals surface area contributed by atoms with Crippen LogP contribution in [0.25, 0.3) is 0 Å². The highest BCUT2D eigenvalue weighted by atomic mass is 32.2. The predicted molar refractivity (Wildman–Crippen MR) is 177 cm³/mol. The van der Waals surface area contributed by atoms with E-state index in [1.807, 2.05) is 84.9 Å². The van der Waals surface area contributed by atoms with Gasteiger partial charge in [0.05, 0.1) is 6.54 Å². The fourth-order valence-electron chi connectivity index (χ4n) is 6.21. The van der Waals surface area contributed by atoms with Crippen molar-refractivity contribution in [1.29, 1.82) is 0 Å². The summed E-state index contributed by atoms with van der Waals surface area (Å²) in [6.45, 7) is 5.23. The van der Waals surface area contributed by atoms with Crippen LogP contribution in [-0.2, 0) is 11.2 Å². The number of rotatable bonds is 5. The zero-order chi connectivity index (χ0) is 29.4. The van der Waals surface area contributed by atoms with E-state index in [0.29, 0.717) is 18.7 Å². The Labute approximate surface area is 261 Å². The van der Waals surface area contributed by atoms with Crippen molar-refractivity contribution in [2.45, 2.75) is 38.7 Å². The maximum Gasteiger partial charge on any atom is 0.175 e. The highest BCUT2D eigenvalue weighted by Crippen LogP contribution is 2.52. The van der Waals surface area contributed by atoms with E-state index in [2.05, 4.69) is 53.7 Å². The van der Waals surface area contributed by atoms with Gasteiger partial charge in [0.2, 0.25) is 0 Å². The van der Waals surface area contributed by atoms with Gasteiger partial charge in [-0.1, -0.05) is 127 Å². The maximum atomic E-state index is 12.5. The van der Waals surface area contributed by atoms with E-state index in [1.54, 1.807) is 23.5 Å². The van der Waals surface area contributed by atoms with Crippen molar-refractivity contribution < 1.29 is 10.2 Å². The fraction of sp³-hybridized carbons (Fsp3) is 0.158. The average Bonchev–Trinajstić information content (AvgIpc) is 3.05. The summed E-state index contributed by atoms with van der Waals surface area (Å²) < 4.78 is 0. The van der Waals surface area contributed by atoms with Crippen LogP contribution in [0.2, 0.25) is 0 Å². The van der Waals surface area contributed by atoms with Gasteiger partial charge in [-0.2, -0.15) is 0 Å². The minimum atomic E-state index is -1.36. The zero-order valence-electron chi connectivity index (χ0n) is 23.7. The maximum absolute atomic E-state index is 12.5. The molecule has 4 aromatic carbocycles. The summed E-state index contributed by atoms with van der Waals surface area (Å²) >= 11 is 3.38. The molecule has 0 saturated carbocycles. The number of benzene rings is 4. The van der Waals surface area contributed by atoms with E-state index in [-0.39, 0.29) is 0 Å². The molecule has 0 saturated heterocycles. The molecule has 0 bridgehead atoms. The number of fused-ring (bicyclic) bond motifs is 3. The van der Waals surface area contributed by atoms with Gasteiger partial charge in [-0.15, -0.1) is 0 Å². The van der Waals surface area contributed by atoms with Gasteiger partial charge in [0.15, 0.2) is 5.60 Å². The molecule has 3 aliphatic rings. The predicted octanol–water partition coefficient (Wildman–Crippen LogP) is 8.05. The lowest BCUT2D eigenvalue weighted by Gasteiger charge is -2.39. The van der Waals surface area contributed by atoms with Gasteiger partial charge in [0, 0.05) is 48.5 Å². The summed E-state index contributed by atoms with van der Waals surface area (Å²) in [7, 11) is 0. The Balaban J connectivity index is 1.25. The molecule has 0 spiro atoms. The molecular formula is C38H31NO2S2. The molecule has 3 nitrogen and oxygen atoms in total. The molecule has 212 valence electrons. The van der Waals surface area contributed by atoms with Gasteiger partial charge < -0.3 is 15.1 Å². The van der Waals surface area contributed by atoms with Crippen LogP contribution in [-0.4, -0.2) is 23.3 Å². The van der Waals surface area contributed by atoms with E-state index in [1.165, 1.54) is 0 Å². The van der Waals surface area contributed by atoms with E-state index >= 15 is 0 Å². The van der Waals surface area contributed by atoms with Gasteiger partial charge in [0.25, 0.3) is 0 Å². The summed E-state index contributed by atoms with van der Waals surface area (Å²) in [5.41, 5.74) is 2.45. The molecule has 7 rings (SSSR count). The third-order valence-corrected chi connectivity index (χ3v) is 10.7. The van der Waals surface area contributed by atoms with Crippen molar-refractivity contribution in [3.63, 3.8) is 0 Å². The SMILES string of the molecule is C=C(CN(CC#CC1(O)C2=C(C=CCC2)Sc2ccccc21)c1ccccc1)C1(O)c2ccccc2Sc2ccccc21. The molecule has 1 atom stereocenters. The summed E-state index contributed by atoms with van der Waals surface area (Å²) in [4.78, 5) is 6.30. The number of aliphatic hydroxyl groups is 2. The molecule has 0 aromatic heterocycles. The average molecular weight is 598 g/mol. The molecule has 4 aromatic rings. The lowest BCUT2D eigenvalue weighted by Crippen LogP contribution is -2.39. The van der Waals surface area contributed by atoms with Crippen LogP contribution < -0.4 is 4.90 Å². The minimum Gasteiger partial charge on any atom is -0.376 e. The van der Waals surface area contributed by atoms with Crippen LogP contribution in [0.1, 0.15) is 29.5 Å². The number of anilines is 1. The van der Waals surface area contributed by atoms with E-state index in [4.69, 9.17) is 0 Å². The molecular weight excluding hydrogens is 567 g/mol. The molecule has 2 N–H and O–H groups in total. The Kier molecular flexibility index (Phi) is 7.33. The molecule has 5 heteroatoms. The highest BCUT2D eigenvalue weighted by molar-refractivity contribution is 8.03. The largest absolute Gasteiger partial charge is 0.376 e. The Morgan fingerprint density at radius 3 is 2.02 bits per heavy atom. The Morgan fingerprint density at radius 2 is 1.35 bits per heavy atom. The normalized spacial score (nSPS) is 19.2. The third-order valence-electron chi connectivity index (χ3n) is 8.39. The second-order valence-electron chi connectivity index (χ2n) is 11.0. The molecule has 2 aliphatic heterocycles. The monoisotopic (exact) mass is 597 g/mol. The summed E-state index contributed by atoms with van der Waals surface area (Å²) in [6.07, 6.45) is 5.95. The second-order valence-corrected chi connectivity index (χ2v) is 13.2. The van der Waals surface area contributed by atoms with Crippen molar-refractivity contribution >= 4 is 29.2 Å². The Bertz CT molecular complexity index is 1800. The molecule has 0 amide bonds. The first kappa shape index (κ1) is 27.9. The van der Waals surface area contributed by atoms with Gasteiger partial charge in [-0.3, -0.25) is 0 Å². The lowest BCUT2D eigenvalue weighted by atomic mass is 9.79. The molecule has 43 heavy (non-hydrogen) atoms. The minimum absolute atomic E-state index is 0.354. The van der Waals surface area contributed by atoms with Crippen molar-refractivity contribution in [3.8, 4) is 11.8 Å². The summed E-state index contributed by atoms with van der Waals surface area (Å²) in [6, 6.07) is 34.1. The van der Waals surface area contributed by atoms with Gasteiger partial charge in [-0.25, -0.2) is 0 Å². The first-order chi connectivity index (χ1) is 21.0. The van der Waals surface area contributed by atoms with Crippen molar-refractivity contribution in [3.05, 3.63) is 155 Å². The number of allylic oxidation sites excluding steroid dienone is 2. The Morgan fingerprint density at radius 1 is 0.767 bits per heavy atom. The first-order valence-corrected chi connectivity index (χ1v) is 16.1. The summed E-state index contributed by atoms with van der Waals surface area (Å²) in [5, 5.41) is 24.7. The van der Waals surface area contributed by atoms with Crippen LogP contribution in [0.5, 0.6) is 0 Å². The first-order valence-electron chi connectivity index (χ1n) is 14.5. The quantitative estimate of drug-likeness (QED) is 0.180. The second kappa shape index (κ2) is 11.3. The number of nitrogens with zero attached hydrogens (tertiary/aromatic N) is 1. The van der Waals surface area contributed by atoms with Crippen LogP contribution in [0.15, 0.2) is 153 Å². The smallest absolute Gasteiger partial charge is 0.175 e. The van der Waals surface area contributed by atoms with Gasteiger partial charge >= 0.3 is 0 Å². The summed E-state index contributed by atoms with van der Waals surface area (Å²) in [5.74, 6) is 6.67. The number of para-hydroxylation sites is 1. The van der Waals surface area contributed by atoms with E-state index in [0.717, 1.165) is 60.4 Å². The molecule has 2 heterocycles. The standard InChI is InChI=1S/C38H31NO2S2/c1-27(38(41)31-18-7-11-22-35(31)43-36-23-12-8-19-32(36)38)26-39(28-14-3-2-4-15-28)25-13-24-37(40)29-16-5-9-20-33(29)42-34-21-10-6-17-30(34)37/h2-5,7-12,14-16,18-23,40-41H,1,6,17,25-26H2. The van der Waals surface area contributed by atoms with Gasteiger partial charge in [-0.05, 0) is 54.3 Å². The molecule has 0 fully saturated rings. The van der Waals surface area contributed by atoms with Crippen molar-refractivity contribution in [1.82, 2.24) is 0 Å². The van der Waals surface area contributed by atoms with Crippen molar-refractivity contribution in [2.75, 3.05) is 18.0 Å². The highest BCUT2D eigenvalue weighted by Gasteiger charge is 2.42. The molecule has 1 aliphatic carbocycles. The van der Waals surface area contributed by atoms with Crippen LogP contribution in [0, 0.1) is 11.8 Å². The van der Waals surface area contributed by atoms with Crippen LogP contribution in [0.3, 0.4) is 0 Å². The Hall–Kier alpha value is -3.92. The van der Waals surface area contributed by atoms with Crippen molar-refractivity contribution in [2.24, 2.45) is 0 Å². The van der Waals surface area contributed by atoms with Crippen LogP contribution in [0.4, 0.5) is 5.69 Å². The molecule has 0 radical (unpaired) electrons. The van der Waals surface area contributed by atoms with Crippen LogP contribution >= 0.6 is 23.5 Å².